The predicted octanol–water partition coefficient (Wildman–Crippen LogP) is 3.30. The molecule has 144 valence electrons. The number of anilines is 1. The molecule has 2 aromatic rings. The Morgan fingerprint density at radius 1 is 1.11 bits per heavy atom. The van der Waals surface area contributed by atoms with E-state index < -0.39 is 24.5 Å². The first-order valence-electron chi connectivity index (χ1n) is 8.66. The number of hydrogen-bond donors (Lipinski definition) is 2. The zero-order chi connectivity index (χ0) is 20.0. The fraction of sp³-hybridized carbons (Fsp3) is 0.350. The number of carbonyl (C=O) groups is 3. The molecule has 0 radical (unpaired) electrons. The second-order valence-electron chi connectivity index (χ2n) is 6.63. The van der Waals surface area contributed by atoms with Crippen LogP contribution in [0.25, 0.3) is 0 Å². The molecular formula is C20H24N2O4S. The third-order valence-electron chi connectivity index (χ3n) is 4.09. The molecule has 0 saturated carbocycles. The summed E-state index contributed by atoms with van der Waals surface area (Å²) in [7, 11) is 0. The van der Waals surface area contributed by atoms with E-state index in [9.17, 15) is 14.4 Å². The van der Waals surface area contributed by atoms with Gasteiger partial charge in [-0.1, -0.05) is 26.0 Å². The molecule has 6 nitrogen and oxygen atoms in total. The molecule has 2 amide bonds. The summed E-state index contributed by atoms with van der Waals surface area (Å²) in [4.78, 5) is 37.1. The molecule has 2 N–H and O–H groups in total. The van der Waals surface area contributed by atoms with E-state index in [0.717, 1.165) is 11.1 Å². The Morgan fingerprint density at radius 3 is 2.44 bits per heavy atom. The largest absolute Gasteiger partial charge is 0.454 e. The number of hydrogen-bond acceptors (Lipinski definition) is 5. The van der Waals surface area contributed by atoms with Crippen molar-refractivity contribution in [1.29, 1.82) is 0 Å². The number of rotatable bonds is 7. The second kappa shape index (κ2) is 9.32. The van der Waals surface area contributed by atoms with Crippen molar-refractivity contribution in [1.82, 2.24) is 5.32 Å². The van der Waals surface area contributed by atoms with Crippen LogP contribution in [0.15, 0.2) is 35.7 Å². The Labute approximate surface area is 162 Å². The van der Waals surface area contributed by atoms with Gasteiger partial charge >= 0.3 is 5.97 Å². The van der Waals surface area contributed by atoms with Gasteiger partial charge in [0, 0.05) is 5.69 Å². The molecule has 7 heteroatoms. The molecule has 1 atom stereocenters. The number of aryl methyl sites for hydroxylation is 2. The highest BCUT2D eigenvalue weighted by Crippen LogP contribution is 2.14. The second-order valence-corrected chi connectivity index (χ2v) is 7.58. The van der Waals surface area contributed by atoms with Crippen LogP contribution in [0.3, 0.4) is 0 Å². The highest BCUT2D eigenvalue weighted by Gasteiger charge is 2.27. The van der Waals surface area contributed by atoms with Crippen LogP contribution in [0, 0.1) is 19.8 Å². The first-order chi connectivity index (χ1) is 12.8. The standard InChI is InChI=1S/C20H24N2O4S/c1-12(2)18(22-19(24)16-6-5-9-27-16)20(25)26-11-17(23)21-15-8-7-13(3)14(4)10-15/h5-10,12,18H,11H2,1-4H3,(H,21,23)(H,22,24). The maximum absolute atomic E-state index is 12.3. The van der Waals surface area contributed by atoms with E-state index in [1.54, 1.807) is 37.4 Å². The van der Waals surface area contributed by atoms with Crippen LogP contribution in [0.4, 0.5) is 5.69 Å². The summed E-state index contributed by atoms with van der Waals surface area (Å²) in [5.74, 6) is -1.58. The summed E-state index contributed by atoms with van der Waals surface area (Å²) in [6, 6.07) is 8.17. The number of benzene rings is 1. The average molecular weight is 388 g/mol. The minimum absolute atomic E-state index is 0.177. The van der Waals surface area contributed by atoms with Gasteiger partial charge in [-0.3, -0.25) is 9.59 Å². The van der Waals surface area contributed by atoms with Crippen molar-refractivity contribution < 1.29 is 19.1 Å². The fourth-order valence-corrected chi connectivity index (χ4v) is 2.99. The zero-order valence-corrected chi connectivity index (χ0v) is 16.7. The molecule has 0 fully saturated rings. The highest BCUT2D eigenvalue weighted by molar-refractivity contribution is 7.12. The summed E-state index contributed by atoms with van der Waals surface area (Å²) in [6.45, 7) is 7.13. The molecular weight excluding hydrogens is 364 g/mol. The molecule has 1 unspecified atom stereocenters. The van der Waals surface area contributed by atoms with Gasteiger partial charge in [0.2, 0.25) is 0 Å². The number of amides is 2. The van der Waals surface area contributed by atoms with E-state index in [4.69, 9.17) is 4.74 Å². The van der Waals surface area contributed by atoms with Crippen LogP contribution in [0.2, 0.25) is 0 Å². The quantitative estimate of drug-likeness (QED) is 0.713. The van der Waals surface area contributed by atoms with Gasteiger partial charge in [0.25, 0.3) is 11.8 Å². The van der Waals surface area contributed by atoms with Crippen LogP contribution in [0.5, 0.6) is 0 Å². The van der Waals surface area contributed by atoms with Crippen molar-refractivity contribution in [2.75, 3.05) is 11.9 Å². The van der Waals surface area contributed by atoms with Crippen molar-refractivity contribution in [3.63, 3.8) is 0 Å². The topological polar surface area (TPSA) is 84.5 Å². The van der Waals surface area contributed by atoms with Crippen molar-refractivity contribution in [2.45, 2.75) is 33.7 Å². The summed E-state index contributed by atoms with van der Waals surface area (Å²) >= 11 is 1.29. The smallest absolute Gasteiger partial charge is 0.329 e. The Bertz CT molecular complexity index is 815. The third-order valence-corrected chi connectivity index (χ3v) is 4.96. The lowest BCUT2D eigenvalue weighted by molar-refractivity contribution is -0.150. The van der Waals surface area contributed by atoms with Crippen LogP contribution in [-0.4, -0.2) is 30.4 Å². The molecule has 27 heavy (non-hydrogen) atoms. The Hall–Kier alpha value is -2.67. The van der Waals surface area contributed by atoms with E-state index in [0.29, 0.717) is 10.6 Å². The molecule has 1 aromatic carbocycles. The predicted molar refractivity (Wildman–Crippen MR) is 106 cm³/mol. The maximum Gasteiger partial charge on any atom is 0.329 e. The number of esters is 1. The maximum atomic E-state index is 12.3. The van der Waals surface area contributed by atoms with Crippen molar-refractivity contribution in [3.8, 4) is 0 Å². The lowest BCUT2D eigenvalue weighted by atomic mass is 10.0. The summed E-state index contributed by atoms with van der Waals surface area (Å²) in [5, 5.41) is 7.15. The lowest BCUT2D eigenvalue weighted by Crippen LogP contribution is -2.45. The molecule has 0 bridgehead atoms. The van der Waals surface area contributed by atoms with E-state index in [-0.39, 0.29) is 11.8 Å². The van der Waals surface area contributed by atoms with Gasteiger partial charge in [-0.15, -0.1) is 11.3 Å². The minimum atomic E-state index is -0.825. The number of nitrogens with one attached hydrogen (secondary N) is 2. The summed E-state index contributed by atoms with van der Waals surface area (Å²) < 4.78 is 5.11. The molecule has 0 aliphatic heterocycles. The van der Waals surface area contributed by atoms with Gasteiger partial charge in [-0.2, -0.15) is 0 Å². The summed E-state index contributed by atoms with van der Waals surface area (Å²) in [5.41, 5.74) is 2.83. The third kappa shape index (κ3) is 5.92. The van der Waals surface area contributed by atoms with Gasteiger partial charge < -0.3 is 15.4 Å². The van der Waals surface area contributed by atoms with Crippen molar-refractivity contribution in [2.24, 2.45) is 5.92 Å². The molecule has 1 heterocycles. The molecule has 0 spiro atoms. The van der Waals surface area contributed by atoms with Crippen molar-refractivity contribution in [3.05, 3.63) is 51.7 Å². The van der Waals surface area contributed by atoms with Gasteiger partial charge in [0.15, 0.2) is 6.61 Å². The van der Waals surface area contributed by atoms with Gasteiger partial charge in [0.1, 0.15) is 6.04 Å². The Balaban J connectivity index is 1.89. The van der Waals surface area contributed by atoms with Crippen LogP contribution < -0.4 is 10.6 Å². The minimum Gasteiger partial charge on any atom is -0.454 e. The number of carbonyl (C=O) groups excluding carboxylic acids is 3. The van der Waals surface area contributed by atoms with Gasteiger partial charge in [0.05, 0.1) is 4.88 Å². The fourth-order valence-electron chi connectivity index (χ4n) is 2.36. The number of thiophene rings is 1. The monoisotopic (exact) mass is 388 g/mol. The summed E-state index contributed by atoms with van der Waals surface area (Å²) in [6.07, 6.45) is 0. The van der Waals surface area contributed by atoms with Crippen molar-refractivity contribution >= 4 is 34.8 Å². The Morgan fingerprint density at radius 2 is 1.85 bits per heavy atom. The normalized spacial score (nSPS) is 11.7. The van der Waals surface area contributed by atoms with Gasteiger partial charge in [-0.05, 0) is 54.5 Å². The number of ether oxygens (including phenoxy) is 1. The van der Waals surface area contributed by atoms with Crippen LogP contribution >= 0.6 is 11.3 Å². The highest BCUT2D eigenvalue weighted by atomic mass is 32.1. The molecule has 2 rings (SSSR count). The molecule has 0 aliphatic carbocycles. The van der Waals surface area contributed by atoms with E-state index in [2.05, 4.69) is 10.6 Å². The van der Waals surface area contributed by atoms with Gasteiger partial charge in [-0.25, -0.2) is 4.79 Å². The molecule has 0 aliphatic rings. The molecule has 0 saturated heterocycles. The van der Waals surface area contributed by atoms with Crippen LogP contribution in [0.1, 0.15) is 34.6 Å². The molecule has 1 aromatic heterocycles. The average Bonchev–Trinajstić information content (AvgIpc) is 3.15. The van der Waals surface area contributed by atoms with E-state index in [1.165, 1.54) is 11.3 Å². The Kier molecular flexibility index (Phi) is 7.12. The van der Waals surface area contributed by atoms with Crippen LogP contribution in [-0.2, 0) is 14.3 Å². The first kappa shape index (κ1) is 20.6. The van der Waals surface area contributed by atoms with E-state index in [1.807, 2.05) is 26.0 Å². The SMILES string of the molecule is Cc1ccc(NC(=O)COC(=O)C(NC(=O)c2cccs2)C(C)C)cc1C. The zero-order valence-electron chi connectivity index (χ0n) is 15.9. The van der Waals surface area contributed by atoms with E-state index >= 15 is 0 Å². The lowest BCUT2D eigenvalue weighted by Gasteiger charge is -2.20. The first-order valence-corrected chi connectivity index (χ1v) is 9.54.